The molecule has 8 rings (SSSR count). The van der Waals surface area contributed by atoms with Crippen LogP contribution in [0.15, 0.2) is 41.4 Å². The molecule has 2 saturated heterocycles. The van der Waals surface area contributed by atoms with Crippen molar-refractivity contribution < 1.29 is 19.1 Å². The number of amidine groups is 1. The molecular weight excluding hydrogens is 484 g/mol. The summed E-state index contributed by atoms with van der Waals surface area (Å²) in [6, 6.07) is 11.9. The highest BCUT2D eigenvalue weighted by atomic mass is 16.5. The van der Waals surface area contributed by atoms with Gasteiger partial charge in [-0.3, -0.25) is 19.6 Å². The predicted molar refractivity (Wildman–Crippen MR) is 142 cm³/mol. The van der Waals surface area contributed by atoms with E-state index in [1.807, 2.05) is 40.1 Å². The molecular formula is C28H32N6O4. The molecule has 10 heteroatoms. The number of pyridine rings is 1. The van der Waals surface area contributed by atoms with Crippen LogP contribution in [0.1, 0.15) is 49.8 Å². The Morgan fingerprint density at radius 1 is 1.08 bits per heavy atom. The minimum absolute atomic E-state index is 0.0281. The molecule has 1 aromatic carbocycles. The molecule has 1 aliphatic carbocycles. The van der Waals surface area contributed by atoms with Crippen LogP contribution in [0.5, 0.6) is 5.75 Å². The van der Waals surface area contributed by atoms with Gasteiger partial charge in [0.05, 0.1) is 23.6 Å². The van der Waals surface area contributed by atoms with Gasteiger partial charge in [0.2, 0.25) is 0 Å². The Morgan fingerprint density at radius 2 is 1.95 bits per heavy atom. The fourth-order valence-corrected chi connectivity index (χ4v) is 6.40. The van der Waals surface area contributed by atoms with E-state index < -0.39 is 0 Å². The maximum atomic E-state index is 13.5. The molecule has 10 nitrogen and oxygen atoms in total. The lowest BCUT2D eigenvalue weighted by molar-refractivity contribution is -0.164. The number of para-hydroxylation sites is 1. The minimum atomic E-state index is -0.194. The molecule has 0 radical (unpaired) electrons. The number of amides is 3. The van der Waals surface area contributed by atoms with E-state index in [4.69, 9.17) is 9.47 Å². The van der Waals surface area contributed by atoms with Gasteiger partial charge in [-0.2, -0.15) is 0 Å². The average molecular weight is 517 g/mol. The van der Waals surface area contributed by atoms with Crippen molar-refractivity contribution >= 4 is 29.3 Å². The van der Waals surface area contributed by atoms with Crippen LogP contribution in [-0.2, 0) is 16.1 Å². The first-order chi connectivity index (χ1) is 18.5. The Balaban J connectivity index is 0.997. The number of aromatic nitrogens is 1. The predicted octanol–water partition coefficient (Wildman–Crippen LogP) is 3.07. The second-order valence-corrected chi connectivity index (χ2v) is 11.0. The molecule has 6 heterocycles. The van der Waals surface area contributed by atoms with Gasteiger partial charge in [-0.25, -0.2) is 9.78 Å². The summed E-state index contributed by atoms with van der Waals surface area (Å²) in [6.45, 7) is 3.39. The van der Waals surface area contributed by atoms with Crippen LogP contribution in [-0.4, -0.2) is 71.6 Å². The van der Waals surface area contributed by atoms with E-state index in [9.17, 15) is 9.59 Å². The first-order valence-electron chi connectivity index (χ1n) is 13.6. The van der Waals surface area contributed by atoms with E-state index in [1.165, 1.54) is 0 Å². The van der Waals surface area contributed by atoms with Gasteiger partial charge in [0.1, 0.15) is 5.84 Å². The Kier molecular flexibility index (Phi) is 5.63. The topological polar surface area (TPSA) is 108 Å². The van der Waals surface area contributed by atoms with Crippen molar-refractivity contribution in [2.75, 3.05) is 43.1 Å². The zero-order chi connectivity index (χ0) is 25.7. The number of anilines is 2. The van der Waals surface area contributed by atoms with E-state index >= 15 is 0 Å². The molecule has 1 saturated carbocycles. The fourth-order valence-electron chi connectivity index (χ4n) is 6.40. The van der Waals surface area contributed by atoms with Gasteiger partial charge in [0, 0.05) is 37.3 Å². The lowest BCUT2D eigenvalue weighted by Crippen LogP contribution is -2.62. The van der Waals surface area contributed by atoms with Gasteiger partial charge >= 0.3 is 6.03 Å². The van der Waals surface area contributed by atoms with E-state index in [2.05, 4.69) is 26.7 Å². The van der Waals surface area contributed by atoms with Crippen LogP contribution in [0.25, 0.3) is 0 Å². The number of rotatable bonds is 6. The second-order valence-electron chi connectivity index (χ2n) is 11.0. The molecule has 2 aromatic rings. The Morgan fingerprint density at radius 3 is 2.79 bits per heavy atom. The monoisotopic (exact) mass is 516 g/mol. The van der Waals surface area contributed by atoms with Crippen molar-refractivity contribution in [2.45, 2.75) is 56.2 Å². The van der Waals surface area contributed by atoms with Gasteiger partial charge in [0.15, 0.2) is 18.2 Å². The summed E-state index contributed by atoms with van der Waals surface area (Å²) in [5, 5.41) is 6.48. The first-order valence-corrected chi connectivity index (χ1v) is 13.6. The summed E-state index contributed by atoms with van der Waals surface area (Å²) in [4.78, 5) is 38.1. The Bertz CT molecular complexity index is 1300. The van der Waals surface area contributed by atoms with E-state index in [0.29, 0.717) is 31.3 Å². The van der Waals surface area contributed by atoms with E-state index in [0.717, 1.165) is 74.4 Å². The Hall–Kier alpha value is -3.50. The van der Waals surface area contributed by atoms with Crippen molar-refractivity contribution in [1.82, 2.24) is 15.2 Å². The molecule has 0 spiro atoms. The average Bonchev–Trinajstić information content (AvgIpc) is 2.97. The lowest BCUT2D eigenvalue weighted by atomic mass is 9.70. The molecule has 3 fully saturated rings. The molecule has 2 bridgehead atoms. The fraction of sp³-hybridized carbons (Fsp3) is 0.500. The quantitative estimate of drug-likeness (QED) is 0.611. The molecule has 6 aliphatic rings. The van der Waals surface area contributed by atoms with E-state index in [-0.39, 0.29) is 29.7 Å². The Labute approximate surface area is 221 Å². The third kappa shape index (κ3) is 4.03. The number of fused-ring (bicyclic) bond motifs is 7. The van der Waals surface area contributed by atoms with Crippen molar-refractivity contribution in [3.63, 3.8) is 0 Å². The number of benzene rings is 1. The smallest absolute Gasteiger partial charge is 0.330 e. The summed E-state index contributed by atoms with van der Waals surface area (Å²) in [5.74, 6) is 1.72. The van der Waals surface area contributed by atoms with Crippen LogP contribution in [0.4, 0.5) is 16.3 Å². The number of carbonyl (C=O) groups excluding carboxylic acids is 2. The first kappa shape index (κ1) is 23.6. The van der Waals surface area contributed by atoms with Crippen LogP contribution in [0, 0.1) is 0 Å². The summed E-state index contributed by atoms with van der Waals surface area (Å²) in [7, 11) is 0. The van der Waals surface area contributed by atoms with Crippen molar-refractivity contribution in [3.8, 4) is 5.75 Å². The van der Waals surface area contributed by atoms with Crippen molar-refractivity contribution in [2.24, 2.45) is 4.99 Å². The highest BCUT2D eigenvalue weighted by molar-refractivity contribution is 6.19. The zero-order valence-electron chi connectivity index (χ0n) is 21.4. The van der Waals surface area contributed by atoms with Crippen molar-refractivity contribution in [3.05, 3.63) is 47.7 Å². The van der Waals surface area contributed by atoms with Crippen molar-refractivity contribution in [1.29, 1.82) is 0 Å². The molecule has 38 heavy (non-hydrogen) atoms. The molecule has 2 N–H and O–H groups in total. The molecule has 3 amide bonds. The summed E-state index contributed by atoms with van der Waals surface area (Å²) >= 11 is 0. The minimum Gasteiger partial charge on any atom is -0.480 e. The summed E-state index contributed by atoms with van der Waals surface area (Å²) < 4.78 is 12.0. The SMILES string of the molecule is O=C1COc2ccc(CNC34CCC(CCN5C(=O)N6CCCN=C6c6ccccc65)(CC3)OC4)nc2N1. The largest absolute Gasteiger partial charge is 0.480 e. The highest BCUT2D eigenvalue weighted by Gasteiger charge is 2.50. The third-order valence-electron chi connectivity index (χ3n) is 8.70. The third-order valence-corrected chi connectivity index (χ3v) is 8.70. The number of nitrogens with zero attached hydrogens (tertiary/aromatic N) is 4. The van der Waals surface area contributed by atoms with Crippen LogP contribution in [0.2, 0.25) is 0 Å². The van der Waals surface area contributed by atoms with Gasteiger partial charge in [-0.1, -0.05) is 12.1 Å². The summed E-state index contributed by atoms with van der Waals surface area (Å²) in [5.41, 5.74) is 2.58. The molecule has 0 unspecified atom stereocenters. The second kappa shape index (κ2) is 9.06. The zero-order valence-corrected chi connectivity index (χ0v) is 21.4. The lowest BCUT2D eigenvalue weighted by Gasteiger charge is -2.54. The van der Waals surface area contributed by atoms with E-state index in [1.54, 1.807) is 0 Å². The molecule has 198 valence electrons. The van der Waals surface area contributed by atoms with Crippen LogP contribution >= 0.6 is 0 Å². The number of carbonyl (C=O) groups is 2. The molecule has 5 aliphatic heterocycles. The maximum absolute atomic E-state index is 13.5. The van der Waals surface area contributed by atoms with Crippen LogP contribution in [0.3, 0.4) is 0 Å². The number of urea groups is 1. The number of aliphatic imine (C=N–C) groups is 1. The van der Waals surface area contributed by atoms with Gasteiger partial charge in [0.25, 0.3) is 5.91 Å². The normalized spacial score (nSPS) is 27.6. The number of nitrogens with one attached hydrogen (secondary N) is 2. The number of hydrogen-bond acceptors (Lipinski definition) is 7. The molecule has 0 atom stereocenters. The number of ether oxygens (including phenoxy) is 2. The van der Waals surface area contributed by atoms with Gasteiger partial charge < -0.3 is 20.1 Å². The van der Waals surface area contributed by atoms with Gasteiger partial charge in [-0.05, 0) is 62.8 Å². The molecule has 1 aromatic heterocycles. The maximum Gasteiger partial charge on any atom is 0.330 e. The number of hydrogen-bond donors (Lipinski definition) is 2. The van der Waals surface area contributed by atoms with Gasteiger partial charge in [-0.15, -0.1) is 0 Å². The van der Waals surface area contributed by atoms with Crippen LogP contribution < -0.4 is 20.3 Å². The standard InChI is InChI=1S/C28H32N6O4/c35-23-17-37-22-7-6-19(31-24(22)32-23)16-30-27-8-10-28(11-9-27,38-18-27)12-15-33-21-5-2-1-4-20(21)25-29-13-3-14-34(25)26(33)36/h1-2,4-7,30H,3,8-18H2,(H,31,32,35). The highest BCUT2D eigenvalue weighted by Crippen LogP contribution is 2.46. The summed E-state index contributed by atoms with van der Waals surface area (Å²) in [6.07, 6.45) is 5.67.